The number of para-hydroxylation sites is 2. The first-order valence-electron chi connectivity index (χ1n) is 13.0. The summed E-state index contributed by atoms with van der Waals surface area (Å²) in [5.74, 6) is -0.304. The predicted molar refractivity (Wildman–Crippen MR) is 153 cm³/mol. The van der Waals surface area contributed by atoms with Crippen molar-refractivity contribution >= 4 is 44.3 Å². The number of ether oxygens (including phenoxy) is 3. The van der Waals surface area contributed by atoms with Crippen molar-refractivity contribution in [3.8, 4) is 16.5 Å². The lowest BCUT2D eigenvalue weighted by Crippen LogP contribution is -2.41. The summed E-state index contributed by atoms with van der Waals surface area (Å²) in [6, 6.07) is 15.2. The van der Waals surface area contributed by atoms with Crippen LogP contribution in [0.1, 0.15) is 25.8 Å². The third-order valence-electron chi connectivity index (χ3n) is 6.44. The van der Waals surface area contributed by atoms with Crippen molar-refractivity contribution in [3.05, 3.63) is 65.5 Å². The van der Waals surface area contributed by atoms with E-state index in [1.807, 2.05) is 53.3 Å². The number of primary amides is 1. The van der Waals surface area contributed by atoms with Gasteiger partial charge in [-0.15, -0.1) is 11.3 Å². The van der Waals surface area contributed by atoms with Gasteiger partial charge in [-0.05, 0) is 55.1 Å². The van der Waals surface area contributed by atoms with Gasteiger partial charge in [-0.25, -0.2) is 18.1 Å². The Hall–Kier alpha value is -3.78. The van der Waals surface area contributed by atoms with Gasteiger partial charge in [0, 0.05) is 6.61 Å². The smallest absolute Gasteiger partial charge is 0.310 e. The Morgan fingerprint density at radius 2 is 2.05 bits per heavy atom. The van der Waals surface area contributed by atoms with Crippen LogP contribution < -0.4 is 15.2 Å². The number of nitrogens with one attached hydrogen (secondary N) is 1. The van der Waals surface area contributed by atoms with Gasteiger partial charge >= 0.3 is 5.97 Å². The van der Waals surface area contributed by atoms with Crippen molar-refractivity contribution in [2.45, 2.75) is 56.6 Å². The third-order valence-corrected chi connectivity index (χ3v) is 8.84. The molecule has 1 saturated heterocycles. The fraction of sp³-hybridized carbons (Fsp3) is 0.321. The van der Waals surface area contributed by atoms with Crippen LogP contribution in [0.4, 0.5) is 0 Å². The van der Waals surface area contributed by atoms with E-state index in [1.54, 1.807) is 18.3 Å². The number of amides is 1. The van der Waals surface area contributed by atoms with Gasteiger partial charge < -0.3 is 24.5 Å². The van der Waals surface area contributed by atoms with Crippen LogP contribution in [-0.4, -0.2) is 54.9 Å². The predicted octanol–water partition coefficient (Wildman–Crippen LogP) is 3.22. The van der Waals surface area contributed by atoms with Crippen molar-refractivity contribution in [1.82, 2.24) is 14.3 Å². The minimum atomic E-state index is -4.20. The second-order valence-electron chi connectivity index (χ2n) is 9.61. The first kappa shape index (κ1) is 28.7. The largest absolute Gasteiger partial charge is 0.487 e. The average molecular weight is 599 g/mol. The summed E-state index contributed by atoms with van der Waals surface area (Å²) in [5.41, 5.74) is 7.63. The summed E-state index contributed by atoms with van der Waals surface area (Å²) in [4.78, 5) is 29.1. The molecule has 11 nitrogen and oxygen atoms in total. The maximum atomic E-state index is 13.6. The molecule has 3 atom stereocenters. The number of thiophene rings is 1. The maximum absolute atomic E-state index is 13.6. The molecule has 1 aliphatic heterocycles. The molecule has 0 radical (unpaired) electrons. The molecule has 1 amide bonds. The number of hydrogen-bond donors (Lipinski definition) is 2. The highest BCUT2D eigenvalue weighted by Crippen LogP contribution is 2.31. The van der Waals surface area contributed by atoms with Crippen LogP contribution in [0.5, 0.6) is 5.75 Å². The second-order valence-corrected chi connectivity index (χ2v) is 12.2. The summed E-state index contributed by atoms with van der Waals surface area (Å²) in [5, 5.41) is 1.98. The summed E-state index contributed by atoms with van der Waals surface area (Å²) in [6.45, 7) is 4.14. The Balaban J connectivity index is 1.46. The standard InChI is InChI=1S/C28H30N4O7S2/c1-3-37-28-20(15-26(34)39-28)31-41(35,36)24-11-10-18(14-25(29)33)13-22(24)38-17(2)16-32-21-8-5-4-7-19(21)30-27(32)23-9-6-12-40-23/h4-13,17,20,28,31H,3,14-16H2,1-2H3,(H2,29,33)/t17-,20?,28?/m1/s1. The number of nitrogens with zero attached hydrogens (tertiary/aromatic N) is 2. The van der Waals surface area contributed by atoms with Gasteiger partial charge in [0.05, 0.1) is 41.3 Å². The van der Waals surface area contributed by atoms with E-state index < -0.39 is 40.3 Å². The van der Waals surface area contributed by atoms with Crippen molar-refractivity contribution < 1.29 is 32.2 Å². The summed E-state index contributed by atoms with van der Waals surface area (Å²) >= 11 is 1.57. The number of benzene rings is 2. The van der Waals surface area contributed by atoms with Crippen molar-refractivity contribution in [1.29, 1.82) is 0 Å². The zero-order valence-corrected chi connectivity index (χ0v) is 24.1. The number of hydrogen-bond acceptors (Lipinski definition) is 9. The SMILES string of the molecule is CCOC1OC(=O)CC1NS(=O)(=O)c1ccc(CC(N)=O)cc1O[C@H](C)Cn1c(-c2cccs2)nc2ccccc21. The zero-order chi connectivity index (χ0) is 29.1. The molecular weight excluding hydrogens is 568 g/mol. The molecule has 0 saturated carbocycles. The number of esters is 1. The lowest BCUT2D eigenvalue weighted by Gasteiger charge is -2.22. The van der Waals surface area contributed by atoms with Crippen molar-refractivity contribution in [2.75, 3.05) is 6.61 Å². The van der Waals surface area contributed by atoms with E-state index in [1.165, 1.54) is 18.2 Å². The number of rotatable bonds is 12. The van der Waals surface area contributed by atoms with Gasteiger partial charge in [0.15, 0.2) is 5.82 Å². The van der Waals surface area contributed by atoms with Crippen LogP contribution >= 0.6 is 11.3 Å². The van der Waals surface area contributed by atoms with Crippen molar-refractivity contribution in [3.63, 3.8) is 0 Å². The fourth-order valence-corrected chi connectivity index (χ4v) is 6.81. The molecule has 1 aliphatic rings. The topological polar surface area (TPSA) is 152 Å². The maximum Gasteiger partial charge on any atom is 0.310 e. The minimum Gasteiger partial charge on any atom is -0.487 e. The summed E-state index contributed by atoms with van der Waals surface area (Å²) in [6.07, 6.45) is -1.82. The zero-order valence-electron chi connectivity index (χ0n) is 22.5. The van der Waals surface area contributed by atoms with Crippen LogP contribution in [0.2, 0.25) is 0 Å². The molecule has 2 aromatic carbocycles. The number of fused-ring (bicyclic) bond motifs is 1. The highest BCUT2D eigenvalue weighted by Gasteiger charge is 2.39. The number of carbonyl (C=O) groups is 2. The molecule has 4 aromatic rings. The first-order chi connectivity index (χ1) is 19.6. The molecule has 0 aliphatic carbocycles. The van der Waals surface area contributed by atoms with Gasteiger partial charge in [-0.2, -0.15) is 0 Å². The Morgan fingerprint density at radius 3 is 2.78 bits per heavy atom. The molecule has 3 N–H and O–H groups in total. The highest BCUT2D eigenvalue weighted by atomic mass is 32.2. The van der Waals surface area contributed by atoms with E-state index in [-0.39, 0.29) is 30.1 Å². The van der Waals surface area contributed by atoms with Crippen LogP contribution in [0.15, 0.2) is 64.9 Å². The molecule has 216 valence electrons. The Labute approximate surface area is 241 Å². The van der Waals surface area contributed by atoms with Crippen LogP contribution in [0, 0.1) is 0 Å². The number of nitrogens with two attached hydrogens (primary N) is 1. The van der Waals surface area contributed by atoms with Crippen LogP contribution in [0.3, 0.4) is 0 Å². The lowest BCUT2D eigenvalue weighted by molar-refractivity contribution is -0.163. The van der Waals surface area contributed by atoms with Crippen molar-refractivity contribution in [2.24, 2.45) is 5.73 Å². The highest BCUT2D eigenvalue weighted by molar-refractivity contribution is 7.89. The van der Waals surface area contributed by atoms with Crippen LogP contribution in [0.25, 0.3) is 21.7 Å². The van der Waals surface area contributed by atoms with E-state index in [4.69, 9.17) is 24.9 Å². The number of aromatic nitrogens is 2. The van der Waals surface area contributed by atoms with Gasteiger partial charge in [0.2, 0.25) is 22.2 Å². The molecule has 13 heteroatoms. The Bertz CT molecular complexity index is 1670. The number of cyclic esters (lactones) is 1. The Kier molecular flexibility index (Phi) is 8.40. The minimum absolute atomic E-state index is 0.0454. The molecule has 3 heterocycles. The normalized spacial score (nSPS) is 18.0. The fourth-order valence-electron chi connectivity index (χ4n) is 4.75. The van der Waals surface area contributed by atoms with E-state index >= 15 is 0 Å². The van der Waals surface area contributed by atoms with E-state index in [0.29, 0.717) is 12.1 Å². The number of sulfonamides is 1. The monoisotopic (exact) mass is 598 g/mol. The molecule has 41 heavy (non-hydrogen) atoms. The average Bonchev–Trinajstić information content (AvgIpc) is 3.63. The van der Waals surface area contributed by atoms with E-state index in [9.17, 15) is 18.0 Å². The number of carbonyl (C=O) groups excluding carboxylic acids is 2. The lowest BCUT2D eigenvalue weighted by atomic mass is 10.1. The molecule has 0 spiro atoms. The van der Waals surface area contributed by atoms with Crippen LogP contribution in [-0.2, 0) is 42.1 Å². The van der Waals surface area contributed by atoms with E-state index in [0.717, 1.165) is 21.7 Å². The van der Waals surface area contributed by atoms with Gasteiger partial charge in [-0.1, -0.05) is 24.3 Å². The molecule has 2 unspecified atom stereocenters. The molecule has 1 fully saturated rings. The Morgan fingerprint density at radius 1 is 1.24 bits per heavy atom. The van der Waals surface area contributed by atoms with E-state index in [2.05, 4.69) is 4.72 Å². The molecular formula is C28H30N4O7S2. The number of imidazole rings is 1. The molecule has 0 bridgehead atoms. The molecule has 2 aromatic heterocycles. The molecule has 5 rings (SSSR count). The quantitative estimate of drug-likeness (QED) is 0.236. The van der Waals surface area contributed by atoms with Gasteiger partial charge in [0.1, 0.15) is 16.7 Å². The first-order valence-corrected chi connectivity index (χ1v) is 15.4. The third kappa shape index (κ3) is 6.43. The summed E-state index contributed by atoms with van der Waals surface area (Å²) < 4.78 is 48.5. The second kappa shape index (κ2) is 12.0. The van der Waals surface area contributed by atoms with Gasteiger partial charge in [-0.3, -0.25) is 9.59 Å². The van der Waals surface area contributed by atoms with Gasteiger partial charge in [0.25, 0.3) is 0 Å². The summed E-state index contributed by atoms with van der Waals surface area (Å²) in [7, 11) is -4.20.